The van der Waals surface area contributed by atoms with E-state index in [0.717, 1.165) is 12.2 Å². The van der Waals surface area contributed by atoms with Crippen molar-refractivity contribution in [1.29, 1.82) is 0 Å². The lowest BCUT2D eigenvalue weighted by atomic mass is 9.97. The van der Waals surface area contributed by atoms with Gasteiger partial charge in [-0.15, -0.1) is 0 Å². The molecule has 1 heterocycles. The average Bonchev–Trinajstić information content (AvgIpc) is 2.83. The SMILES string of the molecule is CCCCCCCCCCC(CC)c1nccn1N. The van der Waals surface area contributed by atoms with E-state index in [4.69, 9.17) is 5.84 Å². The molecule has 19 heavy (non-hydrogen) atoms. The van der Waals surface area contributed by atoms with Gasteiger partial charge in [-0.05, 0) is 12.8 Å². The van der Waals surface area contributed by atoms with E-state index in [9.17, 15) is 0 Å². The van der Waals surface area contributed by atoms with Crippen molar-refractivity contribution in [3.05, 3.63) is 18.2 Å². The van der Waals surface area contributed by atoms with Crippen LogP contribution in [0.5, 0.6) is 0 Å². The van der Waals surface area contributed by atoms with Crippen molar-refractivity contribution in [3.63, 3.8) is 0 Å². The third-order valence-electron chi connectivity index (χ3n) is 3.96. The van der Waals surface area contributed by atoms with E-state index in [1.807, 2.05) is 6.20 Å². The van der Waals surface area contributed by atoms with Crippen LogP contribution in [0.3, 0.4) is 0 Å². The maximum atomic E-state index is 5.87. The molecule has 0 radical (unpaired) electrons. The molecule has 0 spiro atoms. The first-order valence-corrected chi connectivity index (χ1v) is 8.07. The van der Waals surface area contributed by atoms with Crippen molar-refractivity contribution in [2.75, 3.05) is 5.84 Å². The van der Waals surface area contributed by atoms with E-state index in [1.54, 1.807) is 10.9 Å². The minimum Gasteiger partial charge on any atom is -0.338 e. The number of rotatable bonds is 11. The molecule has 1 aromatic rings. The predicted molar refractivity (Wildman–Crippen MR) is 82.6 cm³/mol. The summed E-state index contributed by atoms with van der Waals surface area (Å²) in [5.74, 6) is 7.44. The summed E-state index contributed by atoms with van der Waals surface area (Å²) in [5, 5.41) is 0. The molecule has 0 aliphatic heterocycles. The predicted octanol–water partition coefficient (Wildman–Crippen LogP) is 4.62. The van der Waals surface area contributed by atoms with Crippen molar-refractivity contribution in [2.45, 2.75) is 84.0 Å². The zero-order chi connectivity index (χ0) is 13.9. The third kappa shape index (κ3) is 6.13. The zero-order valence-corrected chi connectivity index (χ0v) is 12.8. The Labute approximate surface area is 118 Å². The average molecular weight is 265 g/mol. The highest BCUT2D eigenvalue weighted by atomic mass is 15.3. The first-order chi connectivity index (χ1) is 9.29. The minimum absolute atomic E-state index is 0.528. The molecular weight excluding hydrogens is 234 g/mol. The van der Waals surface area contributed by atoms with Crippen LogP contribution in [-0.4, -0.2) is 9.66 Å². The van der Waals surface area contributed by atoms with Gasteiger partial charge in [-0.25, -0.2) is 4.98 Å². The van der Waals surface area contributed by atoms with Crippen molar-refractivity contribution in [2.24, 2.45) is 0 Å². The Balaban J connectivity index is 2.09. The number of aromatic nitrogens is 2. The van der Waals surface area contributed by atoms with Crippen LogP contribution < -0.4 is 5.84 Å². The summed E-state index contributed by atoms with van der Waals surface area (Å²) in [6.45, 7) is 4.50. The summed E-state index contributed by atoms with van der Waals surface area (Å²) in [6.07, 6.45) is 17.0. The summed E-state index contributed by atoms with van der Waals surface area (Å²) in [5.41, 5.74) is 0. The van der Waals surface area contributed by atoms with Gasteiger partial charge in [0.2, 0.25) is 0 Å². The molecule has 0 aliphatic rings. The minimum atomic E-state index is 0.528. The highest BCUT2D eigenvalue weighted by molar-refractivity contribution is 4.99. The molecule has 0 aliphatic carbocycles. The molecule has 2 N–H and O–H groups in total. The molecule has 0 saturated heterocycles. The Bertz CT molecular complexity index is 320. The Hall–Kier alpha value is -0.990. The van der Waals surface area contributed by atoms with Gasteiger partial charge in [0.25, 0.3) is 0 Å². The summed E-state index contributed by atoms with van der Waals surface area (Å²) in [7, 11) is 0. The second-order valence-corrected chi connectivity index (χ2v) is 5.56. The third-order valence-corrected chi connectivity index (χ3v) is 3.96. The molecule has 0 aromatic carbocycles. The second kappa shape index (κ2) is 9.88. The molecular formula is C16H31N3. The van der Waals surface area contributed by atoms with Crippen LogP contribution in [0.4, 0.5) is 0 Å². The van der Waals surface area contributed by atoms with Crippen LogP contribution in [0.15, 0.2) is 12.4 Å². The van der Waals surface area contributed by atoms with Crippen LogP contribution in [0.1, 0.15) is 89.8 Å². The molecule has 1 rings (SSSR count). The number of hydrogen-bond acceptors (Lipinski definition) is 2. The van der Waals surface area contributed by atoms with Crippen LogP contribution in [0, 0.1) is 0 Å². The summed E-state index contributed by atoms with van der Waals surface area (Å²) < 4.78 is 1.68. The van der Waals surface area contributed by atoms with Crippen LogP contribution in [-0.2, 0) is 0 Å². The van der Waals surface area contributed by atoms with Gasteiger partial charge in [0.05, 0.1) is 0 Å². The number of nitrogens with zero attached hydrogens (tertiary/aromatic N) is 2. The largest absolute Gasteiger partial charge is 0.338 e. The maximum absolute atomic E-state index is 5.87. The molecule has 110 valence electrons. The van der Waals surface area contributed by atoms with E-state index in [-0.39, 0.29) is 0 Å². The van der Waals surface area contributed by atoms with Crippen molar-refractivity contribution in [3.8, 4) is 0 Å². The van der Waals surface area contributed by atoms with Gasteiger partial charge >= 0.3 is 0 Å². The lowest BCUT2D eigenvalue weighted by Crippen LogP contribution is -2.15. The van der Waals surface area contributed by atoms with Crippen molar-refractivity contribution in [1.82, 2.24) is 9.66 Å². The Kier molecular flexibility index (Phi) is 8.35. The molecule has 0 bridgehead atoms. The molecule has 1 atom stereocenters. The topological polar surface area (TPSA) is 43.8 Å². The van der Waals surface area contributed by atoms with Gasteiger partial charge in [-0.3, -0.25) is 4.68 Å². The molecule has 0 saturated carbocycles. The fourth-order valence-electron chi connectivity index (χ4n) is 2.68. The molecule has 3 nitrogen and oxygen atoms in total. The van der Waals surface area contributed by atoms with E-state index in [0.29, 0.717) is 5.92 Å². The molecule has 1 aromatic heterocycles. The van der Waals surface area contributed by atoms with E-state index in [1.165, 1.54) is 57.8 Å². The molecule has 0 fully saturated rings. The second-order valence-electron chi connectivity index (χ2n) is 5.56. The van der Waals surface area contributed by atoms with Crippen LogP contribution in [0.25, 0.3) is 0 Å². The standard InChI is InChI=1S/C16H31N3/c1-3-5-6-7-8-9-10-11-12-15(4-2)16-18-13-14-19(16)17/h13-15H,3-12,17H2,1-2H3. The van der Waals surface area contributed by atoms with Gasteiger partial charge in [0.15, 0.2) is 0 Å². The Morgan fingerprint density at radius 3 is 2.21 bits per heavy atom. The number of nitrogen functional groups attached to an aromatic ring is 1. The van der Waals surface area contributed by atoms with Crippen molar-refractivity contribution >= 4 is 0 Å². The fraction of sp³-hybridized carbons (Fsp3) is 0.812. The normalized spacial score (nSPS) is 12.7. The lowest BCUT2D eigenvalue weighted by molar-refractivity contribution is 0.502. The highest BCUT2D eigenvalue weighted by Gasteiger charge is 2.13. The highest BCUT2D eigenvalue weighted by Crippen LogP contribution is 2.23. The van der Waals surface area contributed by atoms with Crippen LogP contribution >= 0.6 is 0 Å². The van der Waals surface area contributed by atoms with Gasteiger partial charge in [0.1, 0.15) is 5.82 Å². The molecule has 1 unspecified atom stereocenters. The smallest absolute Gasteiger partial charge is 0.130 e. The van der Waals surface area contributed by atoms with Gasteiger partial charge in [-0.1, -0.05) is 65.2 Å². The first kappa shape index (κ1) is 16.1. The first-order valence-electron chi connectivity index (χ1n) is 8.07. The monoisotopic (exact) mass is 265 g/mol. The van der Waals surface area contributed by atoms with Gasteiger partial charge in [-0.2, -0.15) is 0 Å². The maximum Gasteiger partial charge on any atom is 0.130 e. The lowest BCUT2D eigenvalue weighted by Gasteiger charge is -2.14. The number of nitrogens with two attached hydrogens (primary N) is 1. The Morgan fingerprint density at radius 2 is 1.68 bits per heavy atom. The molecule has 0 amide bonds. The fourth-order valence-corrected chi connectivity index (χ4v) is 2.68. The van der Waals surface area contributed by atoms with E-state index >= 15 is 0 Å². The van der Waals surface area contributed by atoms with E-state index < -0.39 is 0 Å². The van der Waals surface area contributed by atoms with Gasteiger partial charge < -0.3 is 5.84 Å². The van der Waals surface area contributed by atoms with Crippen LogP contribution in [0.2, 0.25) is 0 Å². The quantitative estimate of drug-likeness (QED) is 0.468. The van der Waals surface area contributed by atoms with E-state index in [2.05, 4.69) is 18.8 Å². The number of imidazole rings is 1. The number of unbranched alkanes of at least 4 members (excludes halogenated alkanes) is 7. The summed E-state index contributed by atoms with van der Waals surface area (Å²) in [6, 6.07) is 0. The van der Waals surface area contributed by atoms with Crippen molar-refractivity contribution < 1.29 is 0 Å². The summed E-state index contributed by atoms with van der Waals surface area (Å²) in [4.78, 5) is 4.37. The zero-order valence-electron chi connectivity index (χ0n) is 12.8. The summed E-state index contributed by atoms with van der Waals surface area (Å²) >= 11 is 0. The van der Waals surface area contributed by atoms with Gasteiger partial charge in [0, 0.05) is 18.3 Å². The Morgan fingerprint density at radius 1 is 1.05 bits per heavy atom. The molecule has 3 heteroatoms. The number of hydrogen-bond donors (Lipinski definition) is 1.